The molecule has 24 heavy (non-hydrogen) atoms. The van der Waals surface area contributed by atoms with E-state index < -0.39 is 5.91 Å². The van der Waals surface area contributed by atoms with Crippen molar-refractivity contribution in [3.63, 3.8) is 0 Å². The zero-order valence-electron chi connectivity index (χ0n) is 12.8. The third kappa shape index (κ3) is 3.72. The highest BCUT2D eigenvalue weighted by atomic mass is 19.1. The molecule has 2 heterocycles. The van der Waals surface area contributed by atoms with E-state index in [9.17, 15) is 9.18 Å². The van der Waals surface area contributed by atoms with Crippen LogP contribution in [0.1, 0.15) is 21.7 Å². The molecule has 0 fully saturated rings. The van der Waals surface area contributed by atoms with Crippen molar-refractivity contribution in [2.75, 3.05) is 10.6 Å². The fraction of sp³-hybridized carbons (Fsp3) is 0.125. The lowest BCUT2D eigenvalue weighted by Gasteiger charge is -2.06. The standard InChI is InChI=1S/C16H14FN5O2/c1-10-6-14(22-24-10)21-15(23)12-8-19-16(20-9-12)18-7-11-4-2-3-5-13(11)17/h2-6,8-9H,7H2,1H3,(H,18,19,20)(H,21,22,23). The summed E-state index contributed by atoms with van der Waals surface area (Å²) >= 11 is 0. The topological polar surface area (TPSA) is 92.9 Å². The Morgan fingerprint density at radius 2 is 2.00 bits per heavy atom. The van der Waals surface area contributed by atoms with Crippen molar-refractivity contribution in [2.24, 2.45) is 0 Å². The van der Waals surface area contributed by atoms with E-state index in [1.165, 1.54) is 18.5 Å². The first-order valence-electron chi connectivity index (χ1n) is 7.16. The van der Waals surface area contributed by atoms with Crippen LogP contribution in [0.2, 0.25) is 0 Å². The van der Waals surface area contributed by atoms with Gasteiger partial charge in [0.1, 0.15) is 11.6 Å². The van der Waals surface area contributed by atoms with Gasteiger partial charge in [0.05, 0.1) is 5.56 Å². The maximum Gasteiger partial charge on any atom is 0.260 e. The number of carbonyl (C=O) groups excluding carboxylic acids is 1. The highest BCUT2D eigenvalue weighted by Crippen LogP contribution is 2.11. The number of rotatable bonds is 5. The lowest BCUT2D eigenvalue weighted by Crippen LogP contribution is -2.13. The second kappa shape index (κ2) is 6.86. The molecule has 0 radical (unpaired) electrons. The molecule has 1 aromatic carbocycles. The number of aromatic nitrogens is 3. The van der Waals surface area contributed by atoms with E-state index in [1.54, 1.807) is 31.2 Å². The molecule has 0 aliphatic rings. The highest BCUT2D eigenvalue weighted by molar-refractivity contribution is 6.03. The zero-order valence-corrected chi connectivity index (χ0v) is 12.8. The van der Waals surface area contributed by atoms with Gasteiger partial charge in [0.25, 0.3) is 5.91 Å². The Kier molecular flexibility index (Phi) is 4.46. The molecule has 0 unspecified atom stereocenters. The molecule has 3 rings (SSSR count). The van der Waals surface area contributed by atoms with E-state index in [0.717, 1.165) is 0 Å². The van der Waals surface area contributed by atoms with Gasteiger partial charge in [-0.2, -0.15) is 0 Å². The summed E-state index contributed by atoms with van der Waals surface area (Å²) in [5.41, 5.74) is 0.774. The van der Waals surface area contributed by atoms with Crippen molar-refractivity contribution in [2.45, 2.75) is 13.5 Å². The van der Waals surface area contributed by atoms with Gasteiger partial charge in [-0.05, 0) is 13.0 Å². The predicted octanol–water partition coefficient (Wildman–Crippen LogP) is 2.78. The number of carbonyl (C=O) groups is 1. The first kappa shape index (κ1) is 15.6. The lowest BCUT2D eigenvalue weighted by atomic mass is 10.2. The summed E-state index contributed by atoms with van der Waals surface area (Å²) in [6.45, 7) is 1.97. The first-order valence-corrected chi connectivity index (χ1v) is 7.16. The van der Waals surface area contributed by atoms with Crippen LogP contribution in [0.15, 0.2) is 47.2 Å². The minimum atomic E-state index is -0.399. The SMILES string of the molecule is Cc1cc(NC(=O)c2cnc(NCc3ccccc3F)nc2)no1. The van der Waals surface area contributed by atoms with Gasteiger partial charge in [0.2, 0.25) is 5.95 Å². The maximum absolute atomic E-state index is 13.5. The minimum Gasteiger partial charge on any atom is -0.360 e. The number of benzene rings is 1. The maximum atomic E-state index is 13.5. The fourth-order valence-electron chi connectivity index (χ4n) is 1.97. The summed E-state index contributed by atoms with van der Waals surface area (Å²) in [6, 6.07) is 8.03. The zero-order chi connectivity index (χ0) is 16.9. The van der Waals surface area contributed by atoms with Crippen LogP contribution < -0.4 is 10.6 Å². The van der Waals surface area contributed by atoms with E-state index in [4.69, 9.17) is 4.52 Å². The molecule has 0 saturated carbocycles. The number of nitrogens with one attached hydrogen (secondary N) is 2. The Hall–Kier alpha value is -3.29. The van der Waals surface area contributed by atoms with Crippen LogP contribution in [0.5, 0.6) is 0 Å². The number of anilines is 2. The van der Waals surface area contributed by atoms with Crippen LogP contribution in [0.25, 0.3) is 0 Å². The Labute approximate surface area is 136 Å². The van der Waals surface area contributed by atoms with E-state index >= 15 is 0 Å². The summed E-state index contributed by atoms with van der Waals surface area (Å²) in [5, 5.41) is 9.14. The summed E-state index contributed by atoms with van der Waals surface area (Å²) in [5.74, 6) is 0.508. The highest BCUT2D eigenvalue weighted by Gasteiger charge is 2.10. The molecular formula is C16H14FN5O2. The van der Waals surface area contributed by atoms with Gasteiger partial charge in [-0.1, -0.05) is 23.4 Å². The van der Waals surface area contributed by atoms with Crippen molar-refractivity contribution in [3.05, 3.63) is 65.4 Å². The van der Waals surface area contributed by atoms with Crippen LogP contribution in [0, 0.1) is 12.7 Å². The molecule has 7 nitrogen and oxygen atoms in total. The number of hydrogen-bond donors (Lipinski definition) is 2. The number of hydrogen-bond acceptors (Lipinski definition) is 6. The van der Waals surface area contributed by atoms with Crippen LogP contribution in [0.3, 0.4) is 0 Å². The number of halogens is 1. The van der Waals surface area contributed by atoms with Crippen LogP contribution in [-0.2, 0) is 6.54 Å². The molecule has 0 bridgehead atoms. The molecule has 8 heteroatoms. The average molecular weight is 327 g/mol. The molecule has 1 amide bonds. The smallest absolute Gasteiger partial charge is 0.260 e. The molecule has 0 saturated heterocycles. The molecule has 2 aromatic heterocycles. The molecular weight excluding hydrogens is 313 g/mol. The van der Waals surface area contributed by atoms with Crippen molar-refractivity contribution in [1.82, 2.24) is 15.1 Å². The molecule has 3 aromatic rings. The third-order valence-electron chi connectivity index (χ3n) is 3.18. The second-order valence-electron chi connectivity index (χ2n) is 5.02. The van der Waals surface area contributed by atoms with E-state index in [1.807, 2.05) is 0 Å². The fourth-order valence-corrected chi connectivity index (χ4v) is 1.97. The predicted molar refractivity (Wildman–Crippen MR) is 85.0 cm³/mol. The van der Waals surface area contributed by atoms with E-state index in [-0.39, 0.29) is 17.9 Å². The molecule has 122 valence electrons. The van der Waals surface area contributed by atoms with Crippen LogP contribution >= 0.6 is 0 Å². The monoisotopic (exact) mass is 327 g/mol. The Morgan fingerprint density at radius 3 is 2.67 bits per heavy atom. The van der Waals surface area contributed by atoms with Crippen LogP contribution in [-0.4, -0.2) is 21.0 Å². The Bertz CT molecular complexity index is 848. The van der Waals surface area contributed by atoms with Crippen LogP contribution in [0.4, 0.5) is 16.2 Å². The minimum absolute atomic E-state index is 0.246. The number of amides is 1. The van der Waals surface area contributed by atoms with Gasteiger partial charge in [-0.15, -0.1) is 0 Å². The second-order valence-corrected chi connectivity index (χ2v) is 5.02. The third-order valence-corrected chi connectivity index (χ3v) is 3.18. The number of aryl methyl sites for hydroxylation is 1. The van der Waals surface area contributed by atoms with Gasteiger partial charge in [-0.25, -0.2) is 14.4 Å². The largest absolute Gasteiger partial charge is 0.360 e. The molecule has 0 spiro atoms. The number of nitrogens with zero attached hydrogens (tertiary/aromatic N) is 3. The van der Waals surface area contributed by atoms with Crippen molar-refractivity contribution < 1.29 is 13.7 Å². The quantitative estimate of drug-likeness (QED) is 0.748. The van der Waals surface area contributed by atoms with Crippen molar-refractivity contribution in [3.8, 4) is 0 Å². The summed E-state index contributed by atoms with van der Waals surface area (Å²) in [6.07, 6.45) is 2.75. The normalized spacial score (nSPS) is 10.4. The van der Waals surface area contributed by atoms with Gasteiger partial charge in [-0.3, -0.25) is 4.79 Å². The molecule has 0 atom stereocenters. The Morgan fingerprint density at radius 1 is 1.25 bits per heavy atom. The van der Waals surface area contributed by atoms with Gasteiger partial charge in [0.15, 0.2) is 5.82 Å². The summed E-state index contributed by atoms with van der Waals surface area (Å²) < 4.78 is 18.4. The molecule has 2 N–H and O–H groups in total. The summed E-state index contributed by atoms with van der Waals surface area (Å²) in [4.78, 5) is 20.1. The van der Waals surface area contributed by atoms with Crippen molar-refractivity contribution in [1.29, 1.82) is 0 Å². The first-order chi connectivity index (χ1) is 11.6. The molecule has 0 aliphatic carbocycles. The molecule has 0 aliphatic heterocycles. The lowest BCUT2D eigenvalue weighted by molar-refractivity contribution is 0.102. The van der Waals surface area contributed by atoms with Gasteiger partial charge >= 0.3 is 0 Å². The van der Waals surface area contributed by atoms with E-state index in [2.05, 4.69) is 25.8 Å². The van der Waals surface area contributed by atoms with Gasteiger partial charge < -0.3 is 15.2 Å². The Balaban J connectivity index is 1.60. The van der Waals surface area contributed by atoms with Crippen molar-refractivity contribution >= 4 is 17.7 Å². The van der Waals surface area contributed by atoms with E-state index in [0.29, 0.717) is 23.1 Å². The average Bonchev–Trinajstić information content (AvgIpc) is 2.99. The van der Waals surface area contributed by atoms with Gasteiger partial charge in [0, 0.05) is 30.6 Å². The summed E-state index contributed by atoms with van der Waals surface area (Å²) in [7, 11) is 0.